The van der Waals surface area contributed by atoms with Gasteiger partial charge in [-0.25, -0.2) is 9.59 Å². The fourth-order valence-electron chi connectivity index (χ4n) is 5.76. The van der Waals surface area contributed by atoms with Gasteiger partial charge in [-0.1, -0.05) is 152 Å². The summed E-state index contributed by atoms with van der Waals surface area (Å²) < 4.78 is 10.7. The average Bonchev–Trinajstić information content (AvgIpc) is 3.22. The lowest BCUT2D eigenvalue weighted by molar-refractivity contribution is -0.129. The summed E-state index contributed by atoms with van der Waals surface area (Å²) in [5.74, 6) is -1.54. The van der Waals surface area contributed by atoms with Crippen LogP contribution in [0.2, 0.25) is 0 Å². The van der Waals surface area contributed by atoms with Gasteiger partial charge in [0.15, 0.2) is 0 Å². The van der Waals surface area contributed by atoms with Crippen LogP contribution in [0.25, 0.3) is 0 Å². The third-order valence-electron chi connectivity index (χ3n) is 8.61. The molecule has 0 heterocycles. The highest BCUT2D eigenvalue weighted by Gasteiger charge is 2.28. The summed E-state index contributed by atoms with van der Waals surface area (Å²) in [7, 11) is 0. The molecule has 4 amide bonds. The van der Waals surface area contributed by atoms with Crippen LogP contribution in [0.3, 0.4) is 0 Å². The highest BCUT2D eigenvalue weighted by molar-refractivity contribution is 6.01. The lowest BCUT2D eigenvalue weighted by atomic mass is 9.90. The SMILES string of the molecule is C[C@@H](NC(=O)[C@H](CCCN=C(NC(=O)OCc1ccccc1)NC(=O)OCc1ccccc1)NC(=O)C(c1ccccc1)c1ccccc1)c1ccccc1. The van der Waals surface area contributed by atoms with Gasteiger partial charge >= 0.3 is 12.2 Å². The quantitative estimate of drug-likeness (QED) is 0.0509. The Hall–Kier alpha value is -6.75. The number of hydrogen-bond acceptors (Lipinski definition) is 7. The van der Waals surface area contributed by atoms with Gasteiger partial charge in [-0.3, -0.25) is 25.2 Å². The van der Waals surface area contributed by atoms with Gasteiger partial charge in [-0.2, -0.15) is 0 Å². The van der Waals surface area contributed by atoms with Crippen molar-refractivity contribution in [2.24, 2.45) is 4.99 Å². The minimum atomic E-state index is -0.931. The minimum Gasteiger partial charge on any atom is -0.444 e. The first-order valence-corrected chi connectivity index (χ1v) is 18.1. The number of carbonyl (C=O) groups excluding carboxylic acids is 4. The molecule has 0 aliphatic heterocycles. The van der Waals surface area contributed by atoms with E-state index in [2.05, 4.69) is 26.3 Å². The lowest BCUT2D eigenvalue weighted by Gasteiger charge is -2.25. The second kappa shape index (κ2) is 21.1. The molecule has 0 saturated carbocycles. The van der Waals surface area contributed by atoms with Crippen molar-refractivity contribution in [3.63, 3.8) is 0 Å². The molecule has 4 N–H and O–H groups in total. The number of aliphatic imine (C=N–C) groups is 1. The van der Waals surface area contributed by atoms with Crippen LogP contribution in [0.15, 0.2) is 157 Å². The van der Waals surface area contributed by atoms with Gasteiger partial charge in [0, 0.05) is 6.54 Å². The monoisotopic (exact) mass is 739 g/mol. The molecular weight excluding hydrogens is 695 g/mol. The number of carbonyl (C=O) groups is 4. The largest absolute Gasteiger partial charge is 0.444 e. The van der Waals surface area contributed by atoms with Crippen molar-refractivity contribution in [1.29, 1.82) is 0 Å². The highest BCUT2D eigenvalue weighted by Crippen LogP contribution is 2.25. The van der Waals surface area contributed by atoms with Crippen molar-refractivity contribution in [2.45, 2.75) is 51.0 Å². The van der Waals surface area contributed by atoms with Gasteiger partial charge in [-0.15, -0.1) is 0 Å². The predicted octanol–water partition coefficient (Wildman–Crippen LogP) is 7.17. The second-order valence-electron chi connectivity index (χ2n) is 12.7. The third kappa shape index (κ3) is 13.0. The van der Waals surface area contributed by atoms with Crippen LogP contribution in [-0.2, 0) is 32.3 Å². The van der Waals surface area contributed by atoms with Crippen molar-refractivity contribution < 1.29 is 28.7 Å². The van der Waals surface area contributed by atoms with Crippen LogP contribution < -0.4 is 21.3 Å². The maximum Gasteiger partial charge on any atom is 0.414 e. The Morgan fingerprint density at radius 1 is 0.545 bits per heavy atom. The first kappa shape index (κ1) is 39.5. The van der Waals surface area contributed by atoms with E-state index >= 15 is 0 Å². The first-order chi connectivity index (χ1) is 26.9. The fourth-order valence-corrected chi connectivity index (χ4v) is 5.76. The summed E-state index contributed by atoms with van der Waals surface area (Å²) in [5, 5.41) is 11.0. The zero-order valence-electron chi connectivity index (χ0n) is 30.6. The maximum absolute atomic E-state index is 14.1. The van der Waals surface area contributed by atoms with Crippen molar-refractivity contribution >= 4 is 30.0 Å². The van der Waals surface area contributed by atoms with E-state index in [4.69, 9.17) is 9.47 Å². The predicted molar refractivity (Wildman–Crippen MR) is 211 cm³/mol. The van der Waals surface area contributed by atoms with Gasteiger partial charge in [0.05, 0.1) is 12.0 Å². The smallest absolute Gasteiger partial charge is 0.414 e. The van der Waals surface area contributed by atoms with E-state index in [1.165, 1.54) is 0 Å². The number of guanidine groups is 1. The Bertz CT molecular complexity index is 1880. The number of amides is 4. The average molecular weight is 740 g/mol. The third-order valence-corrected chi connectivity index (χ3v) is 8.61. The fraction of sp³-hybridized carbons (Fsp3) is 0.205. The number of nitrogens with one attached hydrogen (secondary N) is 4. The van der Waals surface area contributed by atoms with E-state index in [1.807, 2.05) is 159 Å². The van der Waals surface area contributed by atoms with Crippen LogP contribution in [0.5, 0.6) is 0 Å². The number of alkyl carbamates (subject to hydrolysis) is 2. The molecule has 282 valence electrons. The van der Waals surface area contributed by atoms with E-state index in [1.54, 1.807) is 0 Å². The Morgan fingerprint density at radius 2 is 0.964 bits per heavy atom. The highest BCUT2D eigenvalue weighted by atomic mass is 16.6. The van der Waals surface area contributed by atoms with Crippen LogP contribution in [0, 0.1) is 0 Å². The normalized spacial score (nSPS) is 11.7. The Kier molecular flexibility index (Phi) is 15.1. The zero-order valence-corrected chi connectivity index (χ0v) is 30.6. The molecular formula is C44H45N5O6. The zero-order chi connectivity index (χ0) is 38.7. The number of ether oxygens (including phenoxy) is 2. The molecule has 5 rings (SSSR count). The topological polar surface area (TPSA) is 147 Å². The molecule has 0 aromatic heterocycles. The lowest BCUT2D eigenvalue weighted by Crippen LogP contribution is -2.48. The van der Waals surface area contributed by atoms with E-state index in [0.717, 1.165) is 27.8 Å². The van der Waals surface area contributed by atoms with Gasteiger partial charge in [0.1, 0.15) is 19.3 Å². The molecule has 0 unspecified atom stereocenters. The van der Waals surface area contributed by atoms with Gasteiger partial charge < -0.3 is 20.1 Å². The molecule has 11 heteroatoms. The molecule has 2 atom stereocenters. The molecule has 55 heavy (non-hydrogen) atoms. The molecule has 5 aromatic rings. The van der Waals surface area contributed by atoms with Gasteiger partial charge in [-0.05, 0) is 47.6 Å². The Balaban J connectivity index is 1.29. The number of benzene rings is 5. The summed E-state index contributed by atoms with van der Waals surface area (Å²) in [4.78, 5) is 57.8. The first-order valence-electron chi connectivity index (χ1n) is 18.1. The van der Waals surface area contributed by atoms with Crippen molar-refractivity contribution in [3.05, 3.63) is 179 Å². The molecule has 0 aliphatic carbocycles. The molecule has 5 aromatic carbocycles. The molecule has 0 saturated heterocycles. The minimum absolute atomic E-state index is 0.00323. The van der Waals surface area contributed by atoms with E-state index in [0.29, 0.717) is 6.42 Å². The maximum atomic E-state index is 14.1. The summed E-state index contributed by atoms with van der Waals surface area (Å²) in [6.07, 6.45) is -1.18. The van der Waals surface area contributed by atoms with E-state index in [9.17, 15) is 19.2 Å². The molecule has 11 nitrogen and oxygen atoms in total. The number of hydrogen-bond donors (Lipinski definition) is 4. The molecule has 0 radical (unpaired) electrons. The molecule has 0 bridgehead atoms. The van der Waals surface area contributed by atoms with Crippen molar-refractivity contribution in [2.75, 3.05) is 6.54 Å². The van der Waals surface area contributed by atoms with Crippen LogP contribution >= 0.6 is 0 Å². The van der Waals surface area contributed by atoms with Crippen LogP contribution in [0.4, 0.5) is 9.59 Å². The number of rotatable bonds is 15. The Labute approximate surface area is 321 Å². The summed E-state index contributed by atoms with van der Waals surface area (Å²) in [6, 6.07) is 45.4. The molecule has 0 fully saturated rings. The summed E-state index contributed by atoms with van der Waals surface area (Å²) in [5.41, 5.74) is 4.04. The van der Waals surface area contributed by atoms with Gasteiger partial charge in [0.25, 0.3) is 0 Å². The van der Waals surface area contributed by atoms with E-state index in [-0.39, 0.29) is 50.0 Å². The van der Waals surface area contributed by atoms with Crippen LogP contribution in [0.1, 0.15) is 59.5 Å². The summed E-state index contributed by atoms with van der Waals surface area (Å²) >= 11 is 0. The molecule has 0 spiro atoms. The molecule has 0 aliphatic rings. The number of nitrogens with zero attached hydrogens (tertiary/aromatic N) is 1. The second-order valence-corrected chi connectivity index (χ2v) is 12.7. The van der Waals surface area contributed by atoms with Crippen LogP contribution in [-0.4, -0.2) is 42.5 Å². The standard InChI is InChI=1S/C44H45N5O6/c1-32(35-22-11-4-12-23-35)46-40(50)38(47-41(51)39(36-24-13-5-14-25-36)37-26-15-6-16-27-37)28-17-29-45-42(48-43(52)54-30-33-18-7-2-8-19-33)49-44(53)55-31-34-20-9-3-10-21-34/h2-16,18-27,32,38-39H,17,28-31H2,1H3,(H,46,50)(H,47,51)(H2,45,48,49,52,53)/t32-,38+/m1/s1. The van der Waals surface area contributed by atoms with E-state index < -0.39 is 24.1 Å². The Morgan fingerprint density at radius 3 is 1.42 bits per heavy atom. The van der Waals surface area contributed by atoms with Crippen molar-refractivity contribution in [3.8, 4) is 0 Å². The van der Waals surface area contributed by atoms with Gasteiger partial charge in [0.2, 0.25) is 17.8 Å². The van der Waals surface area contributed by atoms with Crippen molar-refractivity contribution in [1.82, 2.24) is 21.3 Å². The summed E-state index contributed by atoms with van der Waals surface area (Å²) in [6.45, 7) is 1.96.